The Labute approximate surface area is 303 Å². The van der Waals surface area contributed by atoms with Gasteiger partial charge in [-0.05, 0) is 96.4 Å². The minimum Gasteiger partial charge on any atom is -0.493 e. The first-order chi connectivity index (χ1) is 24.0. The van der Waals surface area contributed by atoms with E-state index in [1.54, 1.807) is 6.92 Å². The van der Waals surface area contributed by atoms with Crippen molar-refractivity contribution in [2.24, 2.45) is 5.92 Å². The standard InChI is InChI=1S/C38H58N4O3.C4H11N/c1-9-12-15-32(14-11-3)42(8)23-30-20-34-35(21-31(30)24-43)41-38(40-34)37(29(7)44)33(16-13-10-2)39-22-27(5)25-45-36-18-17-26(4)19-28(36)6;1-3-4-5-2/h17-21,24,27,32-33,37,39H,9-16,22-23,25H2,1-8H3,(H,40,41);5H,3-4H2,1-2H3. The Morgan fingerprint density at radius 3 is 2.30 bits per heavy atom. The number of aldehydes is 1. The van der Waals surface area contributed by atoms with Gasteiger partial charge >= 0.3 is 0 Å². The molecule has 0 fully saturated rings. The summed E-state index contributed by atoms with van der Waals surface area (Å²) < 4.78 is 6.15. The van der Waals surface area contributed by atoms with E-state index in [0.29, 0.717) is 30.6 Å². The number of hydrogen-bond acceptors (Lipinski definition) is 7. The number of ether oxygens (including phenoxy) is 1. The van der Waals surface area contributed by atoms with Crippen LogP contribution in [0.15, 0.2) is 30.3 Å². The van der Waals surface area contributed by atoms with Crippen molar-refractivity contribution in [2.75, 3.05) is 33.8 Å². The summed E-state index contributed by atoms with van der Waals surface area (Å²) in [5.74, 6) is 1.50. The average Bonchev–Trinajstić information content (AvgIpc) is 3.49. The van der Waals surface area contributed by atoms with Crippen molar-refractivity contribution in [3.63, 3.8) is 0 Å². The van der Waals surface area contributed by atoms with Crippen molar-refractivity contribution >= 4 is 23.1 Å². The first-order valence-corrected chi connectivity index (χ1v) is 19.3. The van der Waals surface area contributed by atoms with Crippen LogP contribution in [0.4, 0.5) is 0 Å². The normalized spacial score (nSPS) is 13.8. The molecule has 280 valence electrons. The van der Waals surface area contributed by atoms with Crippen LogP contribution in [0.2, 0.25) is 0 Å². The van der Waals surface area contributed by atoms with E-state index in [-0.39, 0.29) is 17.7 Å². The molecule has 8 nitrogen and oxygen atoms in total. The molecule has 3 rings (SSSR count). The van der Waals surface area contributed by atoms with Gasteiger partial charge in [-0.25, -0.2) is 4.98 Å². The Balaban J connectivity index is 0.00000161. The van der Waals surface area contributed by atoms with Crippen LogP contribution in [0.25, 0.3) is 11.0 Å². The molecule has 1 heterocycles. The molecule has 0 spiro atoms. The predicted molar refractivity (Wildman–Crippen MR) is 211 cm³/mol. The molecule has 8 heteroatoms. The molecule has 2 aromatic carbocycles. The molecule has 3 N–H and O–H groups in total. The number of aryl methyl sites for hydroxylation is 2. The first-order valence-electron chi connectivity index (χ1n) is 19.3. The summed E-state index contributed by atoms with van der Waals surface area (Å²) in [5.41, 5.74) is 5.62. The molecule has 50 heavy (non-hydrogen) atoms. The number of nitrogens with zero attached hydrogens (tertiary/aromatic N) is 2. The number of Topliss-reactive ketones (excluding diaryl/α,β-unsaturated/α-hetero) is 1. The lowest BCUT2D eigenvalue weighted by atomic mass is 9.90. The van der Waals surface area contributed by atoms with E-state index in [4.69, 9.17) is 9.72 Å². The van der Waals surface area contributed by atoms with Crippen LogP contribution >= 0.6 is 0 Å². The second kappa shape index (κ2) is 23.4. The molecule has 4 unspecified atom stereocenters. The van der Waals surface area contributed by atoms with Crippen LogP contribution in [0.3, 0.4) is 0 Å². The maximum absolute atomic E-state index is 13.2. The maximum Gasteiger partial charge on any atom is 0.150 e. The van der Waals surface area contributed by atoms with E-state index in [9.17, 15) is 9.59 Å². The van der Waals surface area contributed by atoms with Crippen molar-refractivity contribution in [3.8, 4) is 5.75 Å². The molecule has 0 radical (unpaired) electrons. The number of aromatic nitrogens is 2. The number of imidazole rings is 1. The minimum atomic E-state index is -0.412. The third kappa shape index (κ3) is 13.9. The maximum atomic E-state index is 13.2. The van der Waals surface area contributed by atoms with Crippen molar-refractivity contribution in [1.29, 1.82) is 0 Å². The highest BCUT2D eigenvalue weighted by Crippen LogP contribution is 2.28. The summed E-state index contributed by atoms with van der Waals surface area (Å²) in [6.45, 7) is 19.9. The van der Waals surface area contributed by atoms with E-state index in [1.165, 1.54) is 24.8 Å². The molecule has 0 saturated carbocycles. The fourth-order valence-corrected chi connectivity index (χ4v) is 6.62. The number of benzene rings is 2. The van der Waals surface area contributed by atoms with Crippen LogP contribution in [-0.2, 0) is 11.3 Å². The number of carbonyl (C=O) groups is 2. The summed E-state index contributed by atoms with van der Waals surface area (Å²) >= 11 is 0. The average molecular weight is 692 g/mol. The molecular formula is C42H69N5O3. The number of hydrogen-bond donors (Lipinski definition) is 3. The lowest BCUT2D eigenvalue weighted by molar-refractivity contribution is -0.119. The highest BCUT2D eigenvalue weighted by molar-refractivity contribution is 5.89. The van der Waals surface area contributed by atoms with Crippen LogP contribution in [0.5, 0.6) is 5.75 Å². The number of carbonyl (C=O) groups excluding carboxylic acids is 2. The topological polar surface area (TPSA) is 99.3 Å². The highest BCUT2D eigenvalue weighted by Gasteiger charge is 2.30. The smallest absolute Gasteiger partial charge is 0.150 e. The molecule has 0 aliphatic carbocycles. The van der Waals surface area contributed by atoms with Crippen LogP contribution < -0.4 is 15.4 Å². The zero-order valence-corrected chi connectivity index (χ0v) is 33.1. The van der Waals surface area contributed by atoms with E-state index in [0.717, 1.165) is 85.8 Å². The largest absolute Gasteiger partial charge is 0.493 e. The third-order valence-electron chi connectivity index (χ3n) is 9.53. The van der Waals surface area contributed by atoms with Gasteiger partial charge in [0.05, 0.1) is 23.6 Å². The van der Waals surface area contributed by atoms with Gasteiger partial charge in [-0.15, -0.1) is 0 Å². The van der Waals surface area contributed by atoms with Crippen molar-refractivity contribution < 1.29 is 14.3 Å². The van der Waals surface area contributed by atoms with Crippen molar-refractivity contribution in [3.05, 3.63) is 58.4 Å². The highest BCUT2D eigenvalue weighted by atomic mass is 16.5. The fourth-order valence-electron chi connectivity index (χ4n) is 6.62. The molecule has 4 atom stereocenters. The van der Waals surface area contributed by atoms with Crippen LogP contribution in [0, 0.1) is 19.8 Å². The Kier molecular flexibility index (Phi) is 20.2. The van der Waals surface area contributed by atoms with Gasteiger partial charge < -0.3 is 20.4 Å². The van der Waals surface area contributed by atoms with Gasteiger partial charge in [-0.3, -0.25) is 14.5 Å². The summed E-state index contributed by atoms with van der Waals surface area (Å²) in [6.07, 6.45) is 10.9. The molecule has 0 bridgehead atoms. The molecular weight excluding hydrogens is 622 g/mol. The summed E-state index contributed by atoms with van der Waals surface area (Å²) in [7, 11) is 4.13. The Hall–Kier alpha value is -3.07. The zero-order chi connectivity index (χ0) is 37.1. The van der Waals surface area contributed by atoms with Gasteiger partial charge in [0, 0.05) is 36.7 Å². The molecule has 0 amide bonds. The van der Waals surface area contributed by atoms with Gasteiger partial charge in [0.15, 0.2) is 0 Å². The quantitative estimate of drug-likeness (QED) is 0.0854. The summed E-state index contributed by atoms with van der Waals surface area (Å²) in [6, 6.07) is 10.6. The molecule has 0 aliphatic rings. The van der Waals surface area contributed by atoms with E-state index < -0.39 is 5.92 Å². The van der Waals surface area contributed by atoms with Crippen LogP contribution in [-0.4, -0.2) is 72.8 Å². The Bertz CT molecular complexity index is 1420. The second-order valence-corrected chi connectivity index (χ2v) is 14.3. The number of ketones is 1. The molecule has 3 aromatic rings. The van der Waals surface area contributed by atoms with Gasteiger partial charge in [-0.1, -0.05) is 84.4 Å². The predicted octanol–water partition coefficient (Wildman–Crippen LogP) is 8.93. The number of rotatable bonds is 23. The van der Waals surface area contributed by atoms with E-state index in [2.05, 4.69) is 94.2 Å². The first kappa shape index (κ1) is 43.1. The SMILES string of the molecule is CCCCC(NCC(C)COc1ccc(C)cc1C)C(C(C)=O)c1nc2cc(C=O)c(CN(C)C(CCC)CCCC)cc2[nH]1.CCCNC. The van der Waals surface area contributed by atoms with Crippen molar-refractivity contribution in [2.45, 2.75) is 138 Å². The minimum absolute atomic E-state index is 0.0592. The number of nitrogens with one attached hydrogen (secondary N) is 3. The number of fused-ring (bicyclic) bond motifs is 1. The summed E-state index contributed by atoms with van der Waals surface area (Å²) in [4.78, 5) is 36.2. The zero-order valence-electron chi connectivity index (χ0n) is 33.1. The third-order valence-corrected chi connectivity index (χ3v) is 9.53. The van der Waals surface area contributed by atoms with Gasteiger partial charge in [0.25, 0.3) is 0 Å². The fraction of sp³-hybridized carbons (Fsp3) is 0.643. The molecule has 1 aromatic heterocycles. The summed E-state index contributed by atoms with van der Waals surface area (Å²) in [5, 5.41) is 6.73. The van der Waals surface area contributed by atoms with E-state index in [1.807, 2.05) is 19.2 Å². The lowest BCUT2D eigenvalue weighted by Gasteiger charge is -2.28. The Morgan fingerprint density at radius 1 is 1.00 bits per heavy atom. The lowest BCUT2D eigenvalue weighted by Crippen LogP contribution is -2.41. The van der Waals surface area contributed by atoms with Gasteiger partial charge in [0.2, 0.25) is 0 Å². The number of H-pyrrole nitrogens is 1. The Morgan fingerprint density at radius 2 is 1.72 bits per heavy atom. The van der Waals surface area contributed by atoms with Gasteiger partial charge in [0.1, 0.15) is 23.6 Å². The monoisotopic (exact) mass is 692 g/mol. The van der Waals surface area contributed by atoms with Crippen molar-refractivity contribution in [1.82, 2.24) is 25.5 Å². The molecule has 0 saturated heterocycles. The number of unbranched alkanes of at least 4 members (excludes halogenated alkanes) is 2. The molecule has 0 aliphatic heterocycles. The second-order valence-electron chi connectivity index (χ2n) is 14.3. The number of aromatic amines is 1. The van der Waals surface area contributed by atoms with Gasteiger partial charge in [-0.2, -0.15) is 0 Å². The van der Waals surface area contributed by atoms with E-state index >= 15 is 0 Å². The van der Waals surface area contributed by atoms with Crippen LogP contribution in [0.1, 0.15) is 138 Å².